The Balaban J connectivity index is 1.76. The molecule has 0 saturated carbocycles. The van der Waals surface area contributed by atoms with Gasteiger partial charge in [0.25, 0.3) is 0 Å². The Hall–Kier alpha value is -2.30. The van der Waals surface area contributed by atoms with Gasteiger partial charge in [0.05, 0.1) is 12.6 Å². The summed E-state index contributed by atoms with van der Waals surface area (Å²) >= 11 is 0. The second-order valence-electron chi connectivity index (χ2n) is 4.92. The van der Waals surface area contributed by atoms with Gasteiger partial charge in [-0.2, -0.15) is 0 Å². The number of carbonyl (C=O) groups is 1. The molecule has 1 unspecified atom stereocenters. The average molecular weight is 271 g/mol. The number of nitrogens with one attached hydrogen (secondary N) is 1. The number of aromatic nitrogens is 1. The normalized spacial score (nSPS) is 18.2. The molecule has 1 amide bonds. The quantitative estimate of drug-likeness (QED) is 0.911. The van der Waals surface area contributed by atoms with Gasteiger partial charge in [-0.3, -0.25) is 4.98 Å². The molecule has 5 heteroatoms. The first-order valence-corrected chi connectivity index (χ1v) is 6.71. The number of fused-ring (bicyclic) bond motifs is 1. The molecule has 20 heavy (non-hydrogen) atoms. The lowest BCUT2D eigenvalue weighted by Gasteiger charge is -2.17. The molecule has 1 aromatic heterocycles. The Morgan fingerprint density at radius 1 is 1.40 bits per heavy atom. The maximum Gasteiger partial charge on any atom is 0.409 e. The van der Waals surface area contributed by atoms with Gasteiger partial charge < -0.3 is 15.0 Å². The summed E-state index contributed by atoms with van der Waals surface area (Å²) in [6, 6.07) is 10.3. The first-order chi connectivity index (χ1) is 9.78. The summed E-state index contributed by atoms with van der Waals surface area (Å²) in [6.07, 6.45) is 2.47. The predicted molar refractivity (Wildman–Crippen MR) is 77.7 cm³/mol. The van der Waals surface area contributed by atoms with Crippen molar-refractivity contribution in [2.45, 2.75) is 12.5 Å². The van der Waals surface area contributed by atoms with Crippen LogP contribution in [0.2, 0.25) is 0 Å². The molecule has 1 aliphatic rings. The summed E-state index contributed by atoms with van der Waals surface area (Å²) in [5.41, 5.74) is 2.03. The third kappa shape index (κ3) is 2.39. The number of hydrogen-bond acceptors (Lipinski definition) is 4. The van der Waals surface area contributed by atoms with Crippen molar-refractivity contribution >= 4 is 22.7 Å². The first kappa shape index (κ1) is 12.7. The zero-order valence-electron chi connectivity index (χ0n) is 11.4. The van der Waals surface area contributed by atoms with Crippen molar-refractivity contribution < 1.29 is 9.53 Å². The van der Waals surface area contributed by atoms with Crippen LogP contribution >= 0.6 is 0 Å². The molecule has 0 bridgehead atoms. The fraction of sp³-hybridized carbons (Fsp3) is 0.333. The number of carbonyl (C=O) groups excluding carboxylic acids is 1. The van der Waals surface area contributed by atoms with E-state index in [0.717, 1.165) is 29.6 Å². The van der Waals surface area contributed by atoms with Crippen LogP contribution in [0.4, 0.5) is 10.5 Å². The van der Waals surface area contributed by atoms with Gasteiger partial charge in [-0.15, -0.1) is 0 Å². The number of benzene rings is 1. The van der Waals surface area contributed by atoms with E-state index in [0.29, 0.717) is 6.54 Å². The molecule has 3 rings (SSSR count). The van der Waals surface area contributed by atoms with E-state index >= 15 is 0 Å². The van der Waals surface area contributed by atoms with Crippen molar-refractivity contribution in [2.24, 2.45) is 0 Å². The van der Waals surface area contributed by atoms with E-state index in [9.17, 15) is 4.79 Å². The molecule has 0 radical (unpaired) electrons. The number of para-hydroxylation sites is 1. The van der Waals surface area contributed by atoms with E-state index in [2.05, 4.69) is 16.4 Å². The van der Waals surface area contributed by atoms with E-state index in [4.69, 9.17) is 4.74 Å². The first-order valence-electron chi connectivity index (χ1n) is 6.71. The SMILES string of the molecule is COC(=O)N1CCC(Nc2ccnc3ccccc23)C1. The zero-order chi connectivity index (χ0) is 13.9. The van der Waals surface area contributed by atoms with Crippen LogP contribution in [-0.2, 0) is 4.74 Å². The summed E-state index contributed by atoms with van der Waals surface area (Å²) in [5, 5.41) is 4.61. The van der Waals surface area contributed by atoms with Gasteiger partial charge >= 0.3 is 6.09 Å². The fourth-order valence-corrected chi connectivity index (χ4v) is 2.61. The highest BCUT2D eigenvalue weighted by Crippen LogP contribution is 2.23. The van der Waals surface area contributed by atoms with Crippen LogP contribution in [0.5, 0.6) is 0 Å². The number of pyridine rings is 1. The van der Waals surface area contributed by atoms with Crippen LogP contribution < -0.4 is 5.32 Å². The highest BCUT2D eigenvalue weighted by atomic mass is 16.5. The van der Waals surface area contributed by atoms with Crippen LogP contribution in [0, 0.1) is 0 Å². The zero-order valence-corrected chi connectivity index (χ0v) is 11.4. The Morgan fingerprint density at radius 2 is 2.25 bits per heavy atom. The highest BCUT2D eigenvalue weighted by Gasteiger charge is 2.26. The second-order valence-corrected chi connectivity index (χ2v) is 4.92. The van der Waals surface area contributed by atoms with Gasteiger partial charge in [-0.25, -0.2) is 4.79 Å². The monoisotopic (exact) mass is 271 g/mol. The van der Waals surface area contributed by atoms with E-state index in [1.807, 2.05) is 24.3 Å². The number of likely N-dealkylation sites (tertiary alicyclic amines) is 1. The lowest BCUT2D eigenvalue weighted by Crippen LogP contribution is -2.31. The summed E-state index contributed by atoms with van der Waals surface area (Å²) in [4.78, 5) is 17.6. The van der Waals surface area contributed by atoms with E-state index in [-0.39, 0.29) is 12.1 Å². The molecule has 1 aromatic carbocycles. The molecule has 1 atom stereocenters. The van der Waals surface area contributed by atoms with Crippen LogP contribution in [0.25, 0.3) is 10.9 Å². The van der Waals surface area contributed by atoms with Gasteiger partial charge in [-0.1, -0.05) is 18.2 Å². The Morgan fingerprint density at radius 3 is 3.10 bits per heavy atom. The van der Waals surface area contributed by atoms with Gasteiger partial charge in [0, 0.05) is 36.4 Å². The van der Waals surface area contributed by atoms with E-state index < -0.39 is 0 Å². The molecule has 0 spiro atoms. The van der Waals surface area contributed by atoms with Crippen molar-refractivity contribution in [3.8, 4) is 0 Å². The van der Waals surface area contributed by atoms with Gasteiger partial charge in [0.2, 0.25) is 0 Å². The minimum atomic E-state index is -0.256. The number of amides is 1. The summed E-state index contributed by atoms with van der Waals surface area (Å²) in [5.74, 6) is 0. The molecule has 1 fully saturated rings. The van der Waals surface area contributed by atoms with Crippen LogP contribution in [0.15, 0.2) is 36.5 Å². The fourth-order valence-electron chi connectivity index (χ4n) is 2.61. The number of methoxy groups -OCH3 is 1. The van der Waals surface area contributed by atoms with Gasteiger partial charge in [-0.05, 0) is 18.6 Å². The van der Waals surface area contributed by atoms with Crippen molar-refractivity contribution in [3.05, 3.63) is 36.5 Å². The Bertz CT molecular complexity index is 624. The minimum absolute atomic E-state index is 0.250. The molecular weight excluding hydrogens is 254 g/mol. The highest BCUT2D eigenvalue weighted by molar-refractivity contribution is 5.91. The molecule has 104 valence electrons. The minimum Gasteiger partial charge on any atom is -0.453 e. The third-order valence-corrected chi connectivity index (χ3v) is 3.63. The van der Waals surface area contributed by atoms with Crippen LogP contribution in [0.1, 0.15) is 6.42 Å². The molecule has 1 N–H and O–H groups in total. The van der Waals surface area contributed by atoms with Crippen molar-refractivity contribution in [1.29, 1.82) is 0 Å². The number of rotatable bonds is 2. The van der Waals surface area contributed by atoms with Gasteiger partial charge in [0.15, 0.2) is 0 Å². The van der Waals surface area contributed by atoms with Crippen LogP contribution in [-0.4, -0.2) is 42.2 Å². The standard InChI is InChI=1S/C15H17N3O2/c1-20-15(19)18-9-7-11(10-18)17-14-6-8-16-13-5-3-2-4-12(13)14/h2-6,8,11H,7,9-10H2,1H3,(H,16,17). The molecule has 5 nitrogen and oxygen atoms in total. The van der Waals surface area contributed by atoms with E-state index in [1.165, 1.54) is 7.11 Å². The van der Waals surface area contributed by atoms with E-state index in [1.54, 1.807) is 11.1 Å². The maximum absolute atomic E-state index is 11.5. The van der Waals surface area contributed by atoms with Crippen molar-refractivity contribution in [2.75, 3.05) is 25.5 Å². The summed E-state index contributed by atoms with van der Waals surface area (Å²) in [7, 11) is 1.42. The number of nitrogens with zero attached hydrogens (tertiary/aromatic N) is 2. The molecule has 2 heterocycles. The third-order valence-electron chi connectivity index (χ3n) is 3.63. The van der Waals surface area contributed by atoms with Crippen molar-refractivity contribution in [3.63, 3.8) is 0 Å². The average Bonchev–Trinajstić information content (AvgIpc) is 2.95. The Labute approximate surface area is 117 Å². The largest absolute Gasteiger partial charge is 0.453 e. The van der Waals surface area contributed by atoms with Crippen molar-refractivity contribution in [1.82, 2.24) is 9.88 Å². The molecular formula is C15H17N3O2. The molecule has 2 aromatic rings. The second kappa shape index (κ2) is 5.36. The Kier molecular flexibility index (Phi) is 3.41. The number of anilines is 1. The smallest absolute Gasteiger partial charge is 0.409 e. The number of ether oxygens (including phenoxy) is 1. The lowest BCUT2D eigenvalue weighted by atomic mass is 10.1. The topological polar surface area (TPSA) is 54.5 Å². The maximum atomic E-state index is 11.5. The lowest BCUT2D eigenvalue weighted by molar-refractivity contribution is 0.133. The number of hydrogen-bond donors (Lipinski definition) is 1. The predicted octanol–water partition coefficient (Wildman–Crippen LogP) is 2.49. The molecule has 0 aliphatic carbocycles. The summed E-state index contributed by atoms with van der Waals surface area (Å²) in [6.45, 7) is 1.40. The molecule has 1 aliphatic heterocycles. The summed E-state index contributed by atoms with van der Waals surface area (Å²) < 4.78 is 4.75. The van der Waals surface area contributed by atoms with Gasteiger partial charge in [0.1, 0.15) is 0 Å². The molecule has 1 saturated heterocycles. The van der Waals surface area contributed by atoms with Crippen LogP contribution in [0.3, 0.4) is 0 Å².